The van der Waals surface area contributed by atoms with Crippen LogP contribution in [0.3, 0.4) is 0 Å². The predicted octanol–water partition coefficient (Wildman–Crippen LogP) is 6.52. The maximum absolute atomic E-state index is 12.7. The molecular formula is C25H27Cl2N5O2S2. The molecule has 0 aliphatic heterocycles. The van der Waals surface area contributed by atoms with Crippen LogP contribution in [-0.4, -0.2) is 26.4 Å². The SMILES string of the molecule is Cn1c(COc2cc(Cl)ccc2Cl)nnc1SCC(=O)Nc1sc2c(c1C#N)CCC(C(C)(C)C)C2. The van der Waals surface area contributed by atoms with Crippen molar-refractivity contribution in [2.75, 3.05) is 11.1 Å². The van der Waals surface area contributed by atoms with Gasteiger partial charge in [0.05, 0.1) is 16.3 Å². The molecule has 7 nitrogen and oxygen atoms in total. The highest BCUT2D eigenvalue weighted by atomic mass is 35.5. The van der Waals surface area contributed by atoms with Crippen LogP contribution in [0.4, 0.5) is 5.00 Å². The number of hydrogen-bond acceptors (Lipinski definition) is 7. The maximum atomic E-state index is 12.7. The molecule has 36 heavy (non-hydrogen) atoms. The van der Waals surface area contributed by atoms with E-state index in [2.05, 4.69) is 42.4 Å². The third kappa shape index (κ3) is 6.00. The summed E-state index contributed by atoms with van der Waals surface area (Å²) in [5.41, 5.74) is 1.93. The van der Waals surface area contributed by atoms with Gasteiger partial charge < -0.3 is 14.6 Å². The number of thioether (sulfide) groups is 1. The number of nitrogens with zero attached hydrogens (tertiary/aromatic N) is 4. The molecule has 1 unspecified atom stereocenters. The van der Waals surface area contributed by atoms with Crippen molar-refractivity contribution in [3.8, 4) is 11.8 Å². The summed E-state index contributed by atoms with van der Waals surface area (Å²) in [6.07, 6.45) is 2.89. The van der Waals surface area contributed by atoms with Crippen LogP contribution in [-0.2, 0) is 31.3 Å². The van der Waals surface area contributed by atoms with Gasteiger partial charge in [-0.2, -0.15) is 5.26 Å². The average Bonchev–Trinajstić information content (AvgIpc) is 3.36. The van der Waals surface area contributed by atoms with Crippen molar-refractivity contribution < 1.29 is 9.53 Å². The van der Waals surface area contributed by atoms with Crippen LogP contribution in [0.1, 0.15) is 49.0 Å². The van der Waals surface area contributed by atoms with Gasteiger partial charge in [0.25, 0.3) is 0 Å². The number of thiophene rings is 1. The summed E-state index contributed by atoms with van der Waals surface area (Å²) in [5.74, 6) is 1.57. The number of carbonyl (C=O) groups is 1. The van der Waals surface area contributed by atoms with Crippen LogP contribution in [0.25, 0.3) is 0 Å². The molecule has 190 valence electrons. The second-order valence-electron chi connectivity index (χ2n) is 9.78. The molecule has 1 aromatic carbocycles. The number of halogens is 2. The molecular weight excluding hydrogens is 537 g/mol. The van der Waals surface area contributed by atoms with Crippen molar-refractivity contribution in [3.63, 3.8) is 0 Å². The summed E-state index contributed by atoms with van der Waals surface area (Å²) in [5, 5.41) is 23.3. The first-order valence-corrected chi connectivity index (χ1v) is 14.1. The third-order valence-corrected chi connectivity index (χ3v) is 9.10. The van der Waals surface area contributed by atoms with Gasteiger partial charge in [-0.15, -0.1) is 21.5 Å². The van der Waals surface area contributed by atoms with Crippen molar-refractivity contribution in [1.29, 1.82) is 5.26 Å². The number of aromatic nitrogens is 3. The first-order chi connectivity index (χ1) is 17.1. The van der Waals surface area contributed by atoms with Crippen molar-refractivity contribution >= 4 is 57.2 Å². The number of amides is 1. The topological polar surface area (TPSA) is 92.8 Å². The molecule has 3 aromatic rings. The first-order valence-electron chi connectivity index (χ1n) is 11.5. The van der Waals surface area contributed by atoms with Crippen molar-refractivity contribution in [2.24, 2.45) is 18.4 Å². The predicted molar refractivity (Wildman–Crippen MR) is 145 cm³/mol. The molecule has 0 saturated heterocycles. The van der Waals surface area contributed by atoms with Gasteiger partial charge in [0.15, 0.2) is 11.0 Å². The van der Waals surface area contributed by atoms with E-state index in [0.717, 1.165) is 24.8 Å². The zero-order valence-electron chi connectivity index (χ0n) is 20.5. The van der Waals surface area contributed by atoms with E-state index in [0.29, 0.717) is 43.3 Å². The fourth-order valence-electron chi connectivity index (χ4n) is 4.15. The summed E-state index contributed by atoms with van der Waals surface area (Å²) in [4.78, 5) is 14.0. The Morgan fingerprint density at radius 1 is 1.36 bits per heavy atom. The lowest BCUT2D eigenvalue weighted by atomic mass is 9.72. The van der Waals surface area contributed by atoms with Crippen molar-refractivity contribution in [2.45, 2.75) is 51.8 Å². The Hall–Kier alpha value is -2.25. The van der Waals surface area contributed by atoms with Gasteiger partial charge >= 0.3 is 0 Å². The summed E-state index contributed by atoms with van der Waals surface area (Å²) in [6, 6.07) is 7.31. The number of nitrogens with one attached hydrogen (secondary N) is 1. The lowest BCUT2D eigenvalue weighted by Gasteiger charge is -2.33. The molecule has 1 atom stereocenters. The highest BCUT2D eigenvalue weighted by Gasteiger charge is 2.32. The molecule has 1 amide bonds. The fraction of sp³-hybridized carbons (Fsp3) is 0.440. The smallest absolute Gasteiger partial charge is 0.235 e. The standard InChI is InChI=1S/C25H27Cl2N5O2S2/c1-25(2,3)14-5-7-16-17(11-28)23(36-20(16)9-14)29-22(33)13-35-24-31-30-21(32(24)4)12-34-19-10-15(26)6-8-18(19)27/h6,8,10,14H,5,7,9,12-13H2,1-4H3,(H,29,33). The van der Waals surface area contributed by atoms with E-state index in [1.165, 1.54) is 28.0 Å². The number of carbonyl (C=O) groups excluding carboxylic acids is 1. The van der Waals surface area contributed by atoms with E-state index in [9.17, 15) is 10.1 Å². The van der Waals surface area contributed by atoms with E-state index in [-0.39, 0.29) is 23.7 Å². The quantitative estimate of drug-likeness (QED) is 0.329. The van der Waals surface area contributed by atoms with E-state index in [4.69, 9.17) is 27.9 Å². The minimum Gasteiger partial charge on any atom is -0.484 e. The van der Waals surface area contributed by atoms with Gasteiger partial charge in [0.1, 0.15) is 23.4 Å². The lowest BCUT2D eigenvalue weighted by molar-refractivity contribution is -0.113. The van der Waals surface area contributed by atoms with Crippen LogP contribution >= 0.6 is 46.3 Å². The molecule has 0 radical (unpaired) electrons. The second-order valence-corrected chi connectivity index (χ2v) is 12.7. The van der Waals surface area contributed by atoms with Gasteiger partial charge in [0, 0.05) is 23.0 Å². The Balaban J connectivity index is 1.36. The minimum atomic E-state index is -0.186. The number of ether oxygens (including phenoxy) is 1. The largest absolute Gasteiger partial charge is 0.484 e. The second kappa shape index (κ2) is 11.0. The van der Waals surface area contributed by atoms with Crippen molar-refractivity contribution in [1.82, 2.24) is 14.8 Å². The van der Waals surface area contributed by atoms with Gasteiger partial charge in [-0.05, 0) is 48.3 Å². The van der Waals surface area contributed by atoms with Crippen LogP contribution in [0, 0.1) is 22.7 Å². The Morgan fingerprint density at radius 2 is 2.14 bits per heavy atom. The van der Waals surface area contributed by atoms with E-state index in [1.807, 2.05) is 7.05 Å². The van der Waals surface area contributed by atoms with E-state index < -0.39 is 0 Å². The molecule has 2 aromatic heterocycles. The zero-order valence-corrected chi connectivity index (χ0v) is 23.7. The van der Waals surface area contributed by atoms with E-state index in [1.54, 1.807) is 22.8 Å². The van der Waals surface area contributed by atoms with Crippen LogP contribution in [0.15, 0.2) is 23.4 Å². The number of rotatable bonds is 7. The summed E-state index contributed by atoms with van der Waals surface area (Å²) < 4.78 is 7.51. The van der Waals surface area contributed by atoms with Crippen LogP contribution in [0.5, 0.6) is 5.75 Å². The maximum Gasteiger partial charge on any atom is 0.235 e. The highest BCUT2D eigenvalue weighted by Crippen LogP contribution is 2.44. The molecule has 0 bridgehead atoms. The van der Waals surface area contributed by atoms with Crippen molar-refractivity contribution in [3.05, 3.63) is 50.1 Å². The summed E-state index contributed by atoms with van der Waals surface area (Å²) in [6.45, 7) is 6.94. The molecule has 2 heterocycles. The average molecular weight is 565 g/mol. The number of nitriles is 1. The first kappa shape index (κ1) is 26.8. The Kier molecular flexibility index (Phi) is 8.20. The molecule has 0 saturated carbocycles. The van der Waals surface area contributed by atoms with Gasteiger partial charge in [-0.1, -0.05) is 55.7 Å². The fourth-order valence-corrected chi connectivity index (χ4v) is 6.51. The molecule has 4 rings (SSSR count). The van der Waals surface area contributed by atoms with Crippen LogP contribution < -0.4 is 10.1 Å². The summed E-state index contributed by atoms with van der Waals surface area (Å²) in [7, 11) is 1.81. The highest BCUT2D eigenvalue weighted by molar-refractivity contribution is 7.99. The van der Waals surface area contributed by atoms with E-state index >= 15 is 0 Å². The molecule has 1 N–H and O–H groups in total. The Labute approximate surface area is 229 Å². The molecule has 1 aliphatic rings. The number of anilines is 1. The van der Waals surface area contributed by atoms with Crippen LogP contribution in [0.2, 0.25) is 10.0 Å². The number of fused-ring (bicyclic) bond motifs is 1. The zero-order chi connectivity index (χ0) is 26.0. The number of benzene rings is 1. The normalized spacial score (nSPS) is 15.3. The summed E-state index contributed by atoms with van der Waals surface area (Å²) >= 11 is 15.0. The Morgan fingerprint density at radius 3 is 2.86 bits per heavy atom. The molecule has 11 heteroatoms. The molecule has 0 spiro atoms. The lowest BCUT2D eigenvalue weighted by Crippen LogP contribution is -2.26. The van der Waals surface area contributed by atoms with Gasteiger partial charge in [0.2, 0.25) is 5.91 Å². The molecule has 1 aliphatic carbocycles. The van der Waals surface area contributed by atoms with Gasteiger partial charge in [-0.3, -0.25) is 4.79 Å². The Bertz CT molecular complexity index is 1320. The third-order valence-electron chi connectivity index (χ3n) is 6.36. The molecule has 0 fully saturated rings. The number of hydrogen-bond donors (Lipinski definition) is 1. The minimum absolute atomic E-state index is 0.144. The monoisotopic (exact) mass is 563 g/mol. The van der Waals surface area contributed by atoms with Gasteiger partial charge in [-0.25, -0.2) is 0 Å².